The molecule has 0 aliphatic heterocycles. The number of rotatable bonds is 5. The van der Waals surface area contributed by atoms with Gasteiger partial charge in [-0.25, -0.2) is 14.8 Å². The largest absolute Gasteiger partial charge is 0.456 e. The highest BCUT2D eigenvalue weighted by molar-refractivity contribution is 9.10. The molecule has 1 aromatic heterocycles. The molecule has 0 atom stereocenters. The average Bonchev–Trinajstić information content (AvgIpc) is 2.54. The highest BCUT2D eigenvalue weighted by Gasteiger charge is 2.58. The van der Waals surface area contributed by atoms with Crippen LogP contribution >= 0.6 is 27.5 Å². The Bertz CT molecular complexity index is 802. The molecule has 140 valence electrons. The van der Waals surface area contributed by atoms with Crippen LogP contribution in [0.4, 0.5) is 22.0 Å². The topological polar surface area (TPSA) is 61.3 Å². The Morgan fingerprint density at radius 1 is 1.15 bits per heavy atom. The van der Waals surface area contributed by atoms with E-state index < -0.39 is 30.2 Å². The Morgan fingerprint density at radius 2 is 1.77 bits per heavy atom. The Labute approximate surface area is 156 Å². The van der Waals surface area contributed by atoms with Crippen LogP contribution in [0.15, 0.2) is 35.1 Å². The SMILES string of the molecule is O=C(OCC(F)(F)C(F)(F)F)c1c(Br)cccc1Oc1ncc(Cl)cn1. The molecule has 0 aliphatic rings. The number of nitrogens with zero attached hydrogens (tertiary/aromatic N) is 2. The minimum atomic E-state index is -5.85. The highest BCUT2D eigenvalue weighted by Crippen LogP contribution is 2.36. The molecule has 1 heterocycles. The van der Waals surface area contributed by atoms with E-state index in [-0.39, 0.29) is 21.3 Å². The lowest BCUT2D eigenvalue weighted by molar-refractivity contribution is -0.292. The van der Waals surface area contributed by atoms with Gasteiger partial charge in [-0.05, 0) is 28.1 Å². The van der Waals surface area contributed by atoms with Crippen molar-refractivity contribution in [2.45, 2.75) is 12.1 Å². The number of alkyl halides is 5. The number of esters is 1. The first-order chi connectivity index (χ1) is 12.0. The van der Waals surface area contributed by atoms with Crippen LogP contribution in [0, 0.1) is 0 Å². The summed E-state index contributed by atoms with van der Waals surface area (Å²) in [7, 11) is 0. The van der Waals surface area contributed by atoms with E-state index in [1.165, 1.54) is 30.6 Å². The number of carbonyl (C=O) groups excluding carboxylic acids is 1. The van der Waals surface area contributed by atoms with Crippen molar-refractivity contribution in [3.8, 4) is 11.8 Å². The van der Waals surface area contributed by atoms with Crippen molar-refractivity contribution in [1.29, 1.82) is 0 Å². The zero-order valence-electron chi connectivity index (χ0n) is 12.4. The fourth-order valence-electron chi connectivity index (χ4n) is 1.55. The Kier molecular flexibility index (Phi) is 6.02. The molecule has 1 aromatic carbocycles. The van der Waals surface area contributed by atoms with E-state index in [0.717, 1.165) is 0 Å². The van der Waals surface area contributed by atoms with E-state index >= 15 is 0 Å². The number of hydrogen-bond donors (Lipinski definition) is 0. The third kappa shape index (κ3) is 4.79. The first-order valence-corrected chi connectivity index (χ1v) is 7.74. The predicted octanol–water partition coefficient (Wildman–Crippen LogP) is 5.04. The van der Waals surface area contributed by atoms with Crippen LogP contribution in [0.2, 0.25) is 5.02 Å². The molecule has 12 heteroatoms. The number of benzene rings is 1. The molecular formula is C14H7BrClF5N2O3. The molecule has 0 saturated heterocycles. The van der Waals surface area contributed by atoms with E-state index in [1.807, 2.05) is 0 Å². The van der Waals surface area contributed by atoms with Gasteiger partial charge in [0, 0.05) is 4.47 Å². The fourth-order valence-corrected chi connectivity index (χ4v) is 2.16. The van der Waals surface area contributed by atoms with Crippen LogP contribution in [0.25, 0.3) is 0 Å². The second kappa shape index (κ2) is 7.70. The Morgan fingerprint density at radius 3 is 2.35 bits per heavy atom. The molecule has 0 fully saturated rings. The maximum atomic E-state index is 12.9. The van der Waals surface area contributed by atoms with E-state index in [2.05, 4.69) is 30.6 Å². The molecular weight excluding hydrogens is 455 g/mol. The molecule has 0 radical (unpaired) electrons. The maximum Gasteiger partial charge on any atom is 0.456 e. The van der Waals surface area contributed by atoms with Crippen LogP contribution in [0.1, 0.15) is 10.4 Å². The van der Waals surface area contributed by atoms with Crippen LogP contribution in [-0.2, 0) is 4.74 Å². The molecule has 2 rings (SSSR count). The van der Waals surface area contributed by atoms with Gasteiger partial charge in [-0.1, -0.05) is 17.7 Å². The normalized spacial score (nSPS) is 12.0. The van der Waals surface area contributed by atoms with Gasteiger partial charge in [0.2, 0.25) is 0 Å². The summed E-state index contributed by atoms with van der Waals surface area (Å²) in [6.45, 7) is -2.17. The number of halogens is 7. The van der Waals surface area contributed by atoms with Crippen molar-refractivity contribution in [3.63, 3.8) is 0 Å². The van der Waals surface area contributed by atoms with Gasteiger partial charge in [0.25, 0.3) is 0 Å². The van der Waals surface area contributed by atoms with Crippen LogP contribution in [0.5, 0.6) is 11.8 Å². The zero-order valence-corrected chi connectivity index (χ0v) is 14.7. The van der Waals surface area contributed by atoms with Gasteiger partial charge in [-0.15, -0.1) is 0 Å². The van der Waals surface area contributed by atoms with Crippen molar-refractivity contribution in [3.05, 3.63) is 45.7 Å². The summed E-state index contributed by atoms with van der Waals surface area (Å²) in [5.74, 6) is -6.86. The summed E-state index contributed by atoms with van der Waals surface area (Å²) in [5, 5.41) is 0.209. The third-order valence-corrected chi connectivity index (χ3v) is 3.63. The first kappa shape index (κ1) is 20.3. The van der Waals surface area contributed by atoms with Crippen molar-refractivity contribution in [1.82, 2.24) is 9.97 Å². The molecule has 0 bridgehead atoms. The molecule has 5 nitrogen and oxygen atoms in total. The molecule has 0 spiro atoms. The van der Waals surface area contributed by atoms with Crippen molar-refractivity contribution in [2.24, 2.45) is 0 Å². The number of aromatic nitrogens is 2. The number of carbonyl (C=O) groups is 1. The second-order valence-corrected chi connectivity index (χ2v) is 5.97. The summed E-state index contributed by atoms with van der Waals surface area (Å²) < 4.78 is 71.7. The maximum absolute atomic E-state index is 12.9. The number of hydrogen-bond acceptors (Lipinski definition) is 5. The van der Waals surface area contributed by atoms with E-state index in [1.54, 1.807) is 0 Å². The standard InChI is InChI=1S/C14H7BrClF5N2O3/c15-8-2-1-3-9(26-12-22-4-7(16)5-23-12)10(8)11(24)25-6-13(17,18)14(19,20)21/h1-5H,6H2. The molecule has 0 saturated carbocycles. The van der Waals surface area contributed by atoms with Gasteiger partial charge in [0.05, 0.1) is 17.4 Å². The summed E-state index contributed by atoms with van der Waals surface area (Å²) >= 11 is 8.60. The summed E-state index contributed by atoms with van der Waals surface area (Å²) in [5.41, 5.74) is -0.413. The van der Waals surface area contributed by atoms with Gasteiger partial charge < -0.3 is 9.47 Å². The summed E-state index contributed by atoms with van der Waals surface area (Å²) in [6, 6.07) is 3.79. The minimum Gasteiger partial charge on any atom is -0.455 e. The lowest BCUT2D eigenvalue weighted by Crippen LogP contribution is -2.41. The van der Waals surface area contributed by atoms with Gasteiger partial charge in [0.15, 0.2) is 6.61 Å². The number of ether oxygens (including phenoxy) is 2. The molecule has 0 unspecified atom stereocenters. The van der Waals surface area contributed by atoms with Crippen molar-refractivity contribution < 1.29 is 36.2 Å². The lowest BCUT2D eigenvalue weighted by Gasteiger charge is -2.19. The van der Waals surface area contributed by atoms with Crippen LogP contribution in [0.3, 0.4) is 0 Å². The van der Waals surface area contributed by atoms with E-state index in [0.29, 0.717) is 0 Å². The Hall–Kier alpha value is -2.01. The van der Waals surface area contributed by atoms with Crippen LogP contribution < -0.4 is 4.74 Å². The van der Waals surface area contributed by atoms with Gasteiger partial charge >= 0.3 is 24.1 Å². The smallest absolute Gasteiger partial charge is 0.455 e. The average molecular weight is 462 g/mol. The molecule has 0 aliphatic carbocycles. The van der Waals surface area contributed by atoms with Gasteiger partial charge in [-0.3, -0.25) is 0 Å². The van der Waals surface area contributed by atoms with E-state index in [4.69, 9.17) is 16.3 Å². The second-order valence-electron chi connectivity index (χ2n) is 4.68. The van der Waals surface area contributed by atoms with E-state index in [9.17, 15) is 26.7 Å². The highest BCUT2D eigenvalue weighted by atomic mass is 79.9. The molecule has 2 aromatic rings. The summed E-state index contributed by atoms with van der Waals surface area (Å²) in [4.78, 5) is 19.4. The molecule has 0 N–H and O–H groups in total. The predicted molar refractivity (Wildman–Crippen MR) is 82.5 cm³/mol. The van der Waals surface area contributed by atoms with Crippen molar-refractivity contribution >= 4 is 33.5 Å². The lowest BCUT2D eigenvalue weighted by atomic mass is 10.2. The first-order valence-electron chi connectivity index (χ1n) is 6.57. The summed E-state index contributed by atoms with van der Waals surface area (Å²) in [6.07, 6.45) is -3.45. The zero-order chi connectivity index (χ0) is 19.5. The van der Waals surface area contributed by atoms with Gasteiger partial charge in [0.1, 0.15) is 11.3 Å². The Balaban J connectivity index is 2.23. The minimum absolute atomic E-state index is 0.0456. The molecule has 0 amide bonds. The quantitative estimate of drug-likeness (QED) is 0.461. The van der Waals surface area contributed by atoms with Gasteiger partial charge in [-0.2, -0.15) is 22.0 Å². The monoisotopic (exact) mass is 460 g/mol. The fraction of sp³-hybridized carbons (Fsp3) is 0.214. The molecule has 26 heavy (non-hydrogen) atoms. The van der Waals surface area contributed by atoms with Crippen molar-refractivity contribution in [2.75, 3.05) is 6.61 Å². The third-order valence-electron chi connectivity index (χ3n) is 2.78. The van der Waals surface area contributed by atoms with Crippen LogP contribution in [-0.4, -0.2) is 34.6 Å².